The molecule has 4 rings (SSSR count). The lowest BCUT2D eigenvalue weighted by Crippen LogP contribution is -2.68. The molecule has 0 amide bonds. The van der Waals surface area contributed by atoms with E-state index in [0.717, 1.165) is 10.4 Å². The molecule has 0 radical (unpaired) electrons. The maximum absolute atomic E-state index is 11.7. The highest BCUT2D eigenvalue weighted by atomic mass is 35.6. The zero-order valence-corrected chi connectivity index (χ0v) is 23.2. The number of halogens is 3. The van der Waals surface area contributed by atoms with Gasteiger partial charge in [0.05, 0.1) is 6.61 Å². The van der Waals surface area contributed by atoms with Crippen LogP contribution in [0.2, 0.25) is 5.04 Å². The van der Waals surface area contributed by atoms with E-state index in [4.69, 9.17) is 53.4 Å². The van der Waals surface area contributed by atoms with Gasteiger partial charge in [0.2, 0.25) is 3.79 Å². The van der Waals surface area contributed by atoms with Crippen LogP contribution in [-0.2, 0) is 18.6 Å². The molecule has 0 unspecified atom stereocenters. The highest BCUT2D eigenvalue weighted by Crippen LogP contribution is 2.53. The first-order valence-electron chi connectivity index (χ1n) is 11.3. The highest BCUT2D eigenvalue weighted by Gasteiger charge is 2.71. The van der Waals surface area contributed by atoms with E-state index in [-0.39, 0.29) is 11.6 Å². The van der Waals surface area contributed by atoms with Crippen LogP contribution < -0.4 is 10.4 Å². The van der Waals surface area contributed by atoms with Crippen LogP contribution in [0.25, 0.3) is 0 Å². The second-order valence-electron chi connectivity index (χ2n) is 10.3. The number of hydrogen-bond donors (Lipinski definition) is 1. The van der Waals surface area contributed by atoms with Crippen molar-refractivity contribution in [2.75, 3.05) is 6.61 Å². The zero-order valence-electron chi connectivity index (χ0n) is 19.9. The van der Waals surface area contributed by atoms with E-state index in [1.165, 1.54) is 0 Å². The third kappa shape index (κ3) is 4.36. The van der Waals surface area contributed by atoms with Crippen molar-refractivity contribution < 1.29 is 23.7 Å². The molecule has 2 heterocycles. The predicted octanol–water partition coefficient (Wildman–Crippen LogP) is 4.54. The summed E-state index contributed by atoms with van der Waals surface area (Å²) in [6.45, 7) is 9.93. The molecule has 2 saturated heterocycles. The number of fused-ring (bicyclic) bond motifs is 1. The molecule has 2 aromatic carbocycles. The summed E-state index contributed by atoms with van der Waals surface area (Å²) in [6, 6.07) is 20.3. The third-order valence-electron chi connectivity index (χ3n) is 6.60. The minimum absolute atomic E-state index is 0.0160. The smallest absolute Gasteiger partial charge is 0.261 e. The minimum Gasteiger partial charge on any atom is -0.405 e. The normalized spacial score (nSPS) is 29.3. The van der Waals surface area contributed by atoms with Gasteiger partial charge in [-0.25, -0.2) is 0 Å². The Morgan fingerprint density at radius 2 is 1.41 bits per heavy atom. The van der Waals surface area contributed by atoms with Gasteiger partial charge in [-0.3, -0.25) is 0 Å². The number of rotatable bonds is 5. The lowest BCUT2D eigenvalue weighted by molar-refractivity contribution is -0.232. The Hall–Kier alpha value is -0.673. The molecule has 4 atom stereocenters. The van der Waals surface area contributed by atoms with Crippen LogP contribution in [0, 0.1) is 0 Å². The van der Waals surface area contributed by atoms with Crippen LogP contribution in [-0.4, -0.2) is 53.7 Å². The van der Waals surface area contributed by atoms with Gasteiger partial charge in [-0.05, 0) is 29.3 Å². The molecular formula is C25H31Cl3O5Si. The monoisotopic (exact) mass is 544 g/mol. The molecule has 0 bridgehead atoms. The topological polar surface area (TPSA) is 57.2 Å². The molecule has 0 spiro atoms. The molecule has 2 aliphatic rings. The second-order valence-corrected chi connectivity index (χ2v) is 16.9. The van der Waals surface area contributed by atoms with Crippen LogP contribution in [0.1, 0.15) is 34.6 Å². The molecule has 2 aromatic rings. The molecule has 34 heavy (non-hydrogen) atoms. The van der Waals surface area contributed by atoms with Crippen molar-refractivity contribution in [2.24, 2.45) is 0 Å². The van der Waals surface area contributed by atoms with Gasteiger partial charge >= 0.3 is 0 Å². The van der Waals surface area contributed by atoms with Gasteiger partial charge in [0.25, 0.3) is 8.32 Å². The molecule has 0 aromatic heterocycles. The van der Waals surface area contributed by atoms with E-state index in [9.17, 15) is 5.11 Å². The van der Waals surface area contributed by atoms with Gasteiger partial charge in [0.15, 0.2) is 17.7 Å². The number of hydrogen-bond acceptors (Lipinski definition) is 5. The standard InChI is InChI=1S/C25H31Cl3O5Si/c1-22(2,3)34(17-12-8-6-9-13-17,18-14-10-7-11-15-18)30-16-19-24(29,25(26,27)28)20-21(31-19)33-23(4,5)32-20/h6-15,19-21,29H,16H2,1-5H3/t19-,20-,21+,24+/m1/s1. The lowest BCUT2D eigenvalue weighted by atomic mass is 9.94. The fourth-order valence-electron chi connectivity index (χ4n) is 5.05. The fraction of sp³-hybridized carbons (Fsp3) is 0.520. The van der Waals surface area contributed by atoms with Gasteiger partial charge in [-0.15, -0.1) is 0 Å². The van der Waals surface area contributed by atoms with Crippen molar-refractivity contribution in [2.45, 2.75) is 73.3 Å². The fourth-order valence-corrected chi connectivity index (χ4v) is 10.3. The first-order valence-corrected chi connectivity index (χ1v) is 14.3. The average Bonchev–Trinajstić information content (AvgIpc) is 3.19. The number of ether oxygens (including phenoxy) is 3. The lowest BCUT2D eigenvalue weighted by Gasteiger charge is -2.45. The maximum Gasteiger partial charge on any atom is 0.261 e. The van der Waals surface area contributed by atoms with Gasteiger partial charge in [0, 0.05) is 0 Å². The van der Waals surface area contributed by atoms with Gasteiger partial charge in [-0.2, -0.15) is 0 Å². The van der Waals surface area contributed by atoms with E-state index in [1.807, 2.05) is 36.4 Å². The highest BCUT2D eigenvalue weighted by molar-refractivity contribution is 6.99. The summed E-state index contributed by atoms with van der Waals surface area (Å²) in [4.78, 5) is 0. The molecular weight excluding hydrogens is 515 g/mol. The SMILES string of the molecule is CC1(C)O[C@@H]2O[C@H](CO[Si](c3ccccc3)(c3ccccc3)C(C)(C)C)[C@@](O)(C(Cl)(Cl)Cl)[C@@H]2O1. The van der Waals surface area contributed by atoms with Crippen molar-refractivity contribution in [3.8, 4) is 0 Å². The number of alkyl halides is 3. The van der Waals surface area contributed by atoms with Gasteiger partial charge in [0.1, 0.15) is 12.2 Å². The summed E-state index contributed by atoms with van der Waals surface area (Å²) < 4.78 is 22.7. The largest absolute Gasteiger partial charge is 0.405 e. The molecule has 1 N–H and O–H groups in total. The van der Waals surface area contributed by atoms with Gasteiger partial charge < -0.3 is 23.7 Å². The Balaban J connectivity index is 1.75. The number of benzene rings is 2. The number of aliphatic hydroxyl groups is 1. The Morgan fingerprint density at radius 1 is 0.912 bits per heavy atom. The van der Waals surface area contributed by atoms with E-state index >= 15 is 0 Å². The van der Waals surface area contributed by atoms with Crippen molar-refractivity contribution in [3.63, 3.8) is 0 Å². The quantitative estimate of drug-likeness (QED) is 0.442. The summed E-state index contributed by atoms with van der Waals surface area (Å²) >= 11 is 19.0. The first kappa shape index (κ1) is 26.4. The predicted molar refractivity (Wildman–Crippen MR) is 138 cm³/mol. The Bertz CT molecular complexity index is 954. The molecule has 2 fully saturated rings. The summed E-state index contributed by atoms with van der Waals surface area (Å²) in [5, 5.41) is 13.7. The van der Waals surface area contributed by atoms with E-state index in [1.54, 1.807) is 13.8 Å². The molecule has 0 aliphatic carbocycles. The van der Waals surface area contributed by atoms with Crippen LogP contribution in [0.3, 0.4) is 0 Å². The minimum atomic E-state index is -2.91. The zero-order chi connectivity index (χ0) is 25.0. The summed E-state index contributed by atoms with van der Waals surface area (Å²) in [5.41, 5.74) is -1.98. The maximum atomic E-state index is 11.7. The summed E-state index contributed by atoms with van der Waals surface area (Å²) in [7, 11) is -2.91. The summed E-state index contributed by atoms with van der Waals surface area (Å²) in [6.07, 6.45) is -2.86. The molecule has 186 valence electrons. The van der Waals surface area contributed by atoms with Crippen molar-refractivity contribution >= 4 is 53.5 Å². The Labute approximate surface area is 217 Å². The average molecular weight is 546 g/mol. The van der Waals surface area contributed by atoms with Crippen LogP contribution in [0.15, 0.2) is 60.7 Å². The van der Waals surface area contributed by atoms with Crippen LogP contribution in [0.5, 0.6) is 0 Å². The Kier molecular flexibility index (Phi) is 7.00. The van der Waals surface area contributed by atoms with E-state index in [0.29, 0.717) is 0 Å². The molecule has 5 nitrogen and oxygen atoms in total. The molecule has 0 saturated carbocycles. The van der Waals surface area contributed by atoms with E-state index in [2.05, 4.69) is 45.0 Å². The van der Waals surface area contributed by atoms with Crippen molar-refractivity contribution in [1.82, 2.24) is 0 Å². The molecule has 9 heteroatoms. The van der Waals surface area contributed by atoms with E-state index < -0.39 is 42.0 Å². The first-order chi connectivity index (χ1) is 15.7. The van der Waals surface area contributed by atoms with Crippen LogP contribution in [0.4, 0.5) is 0 Å². The van der Waals surface area contributed by atoms with Crippen LogP contribution >= 0.6 is 34.8 Å². The molecule has 2 aliphatic heterocycles. The second kappa shape index (κ2) is 9.01. The Morgan fingerprint density at radius 3 is 1.85 bits per heavy atom. The summed E-state index contributed by atoms with van der Waals surface area (Å²) in [5.74, 6) is -0.983. The van der Waals surface area contributed by atoms with Crippen molar-refractivity contribution in [3.05, 3.63) is 60.7 Å². The third-order valence-corrected chi connectivity index (χ3v) is 12.5. The van der Waals surface area contributed by atoms with Gasteiger partial charge in [-0.1, -0.05) is 116 Å². The van der Waals surface area contributed by atoms with Crippen molar-refractivity contribution in [1.29, 1.82) is 0 Å².